The lowest BCUT2D eigenvalue weighted by Gasteiger charge is -2.11. The van der Waals surface area contributed by atoms with Crippen molar-refractivity contribution in [2.75, 3.05) is 12.4 Å². The zero-order valence-electron chi connectivity index (χ0n) is 17.4. The maximum absolute atomic E-state index is 11.0. The number of nitrogens with one attached hydrogen (secondary N) is 1. The first-order valence-corrected chi connectivity index (χ1v) is 9.81. The molecule has 0 saturated heterocycles. The van der Waals surface area contributed by atoms with Crippen molar-refractivity contribution in [3.63, 3.8) is 0 Å². The van der Waals surface area contributed by atoms with Crippen LogP contribution >= 0.6 is 0 Å². The molecule has 5 aromatic rings. The van der Waals surface area contributed by atoms with E-state index in [9.17, 15) is 4.79 Å². The molecular formula is C22H19N7O3. The van der Waals surface area contributed by atoms with Crippen LogP contribution in [-0.4, -0.2) is 47.4 Å². The summed E-state index contributed by atoms with van der Waals surface area (Å²) in [5, 5.41) is 11.4. The average Bonchev–Trinajstić information content (AvgIpc) is 3.34. The first-order chi connectivity index (χ1) is 15.5. The van der Waals surface area contributed by atoms with Crippen LogP contribution in [0.5, 0.6) is 5.88 Å². The normalized spacial score (nSPS) is 11.2. The van der Waals surface area contributed by atoms with Gasteiger partial charge in [-0.1, -0.05) is 12.1 Å². The number of fused-ring (bicyclic) bond motifs is 2. The molecule has 0 aliphatic heterocycles. The molecule has 0 bridgehead atoms. The summed E-state index contributed by atoms with van der Waals surface area (Å²) in [6.07, 6.45) is 4.03. The number of amides is 1. The molecule has 0 unspecified atom stereocenters. The van der Waals surface area contributed by atoms with Crippen LogP contribution < -0.4 is 10.1 Å². The van der Waals surface area contributed by atoms with Gasteiger partial charge < -0.3 is 19.0 Å². The summed E-state index contributed by atoms with van der Waals surface area (Å²) in [7, 11) is 1.58. The SMILES string of the molecule is COc1ncnc2ccn(-c3cnc4nc(C)n(Cc5cccc(NC(=O)O)c5)c4c3)c12. The number of pyridine rings is 1. The Morgan fingerprint density at radius 1 is 1.19 bits per heavy atom. The summed E-state index contributed by atoms with van der Waals surface area (Å²) in [5.74, 6) is 1.28. The van der Waals surface area contributed by atoms with Crippen molar-refractivity contribution in [1.29, 1.82) is 0 Å². The molecule has 0 saturated carbocycles. The number of benzene rings is 1. The van der Waals surface area contributed by atoms with E-state index in [1.807, 2.05) is 46.5 Å². The molecule has 0 fully saturated rings. The highest BCUT2D eigenvalue weighted by molar-refractivity contribution is 5.84. The van der Waals surface area contributed by atoms with Crippen molar-refractivity contribution >= 4 is 34.0 Å². The van der Waals surface area contributed by atoms with Gasteiger partial charge in [0.25, 0.3) is 0 Å². The topological polar surface area (TPSA) is 120 Å². The summed E-state index contributed by atoms with van der Waals surface area (Å²) < 4.78 is 9.41. The number of hydrogen-bond acceptors (Lipinski definition) is 6. The molecule has 1 amide bonds. The second-order valence-corrected chi connectivity index (χ2v) is 7.21. The van der Waals surface area contributed by atoms with Crippen LogP contribution in [0.15, 0.2) is 55.1 Å². The summed E-state index contributed by atoms with van der Waals surface area (Å²) in [5.41, 5.74) is 5.28. The molecule has 0 aliphatic rings. The molecule has 1 aromatic carbocycles. The van der Waals surface area contributed by atoms with E-state index in [1.165, 1.54) is 6.33 Å². The number of imidazole rings is 1. The Morgan fingerprint density at radius 2 is 2.06 bits per heavy atom. The van der Waals surface area contributed by atoms with Gasteiger partial charge in [-0.2, -0.15) is 4.98 Å². The van der Waals surface area contributed by atoms with E-state index >= 15 is 0 Å². The predicted molar refractivity (Wildman–Crippen MR) is 118 cm³/mol. The standard InChI is InChI=1S/C22H19N7O3/c1-13-26-20-18(29(13)11-14-4-3-5-15(8-14)27-22(30)31)9-16(10-23-20)28-7-6-17-19(28)21(32-2)25-12-24-17/h3-10,12,27H,11H2,1-2H3,(H,30,31). The van der Waals surface area contributed by atoms with E-state index in [-0.39, 0.29) is 0 Å². The molecule has 160 valence electrons. The monoisotopic (exact) mass is 429 g/mol. The zero-order valence-corrected chi connectivity index (χ0v) is 17.4. The fourth-order valence-electron chi connectivity index (χ4n) is 3.80. The van der Waals surface area contributed by atoms with Gasteiger partial charge in [0.2, 0.25) is 5.88 Å². The van der Waals surface area contributed by atoms with Crippen LogP contribution in [0, 0.1) is 6.92 Å². The number of aryl methyl sites for hydroxylation is 1. The molecule has 4 aromatic heterocycles. The first-order valence-electron chi connectivity index (χ1n) is 9.81. The van der Waals surface area contributed by atoms with Gasteiger partial charge in [0, 0.05) is 18.4 Å². The smallest absolute Gasteiger partial charge is 0.409 e. The number of rotatable bonds is 5. The number of nitrogens with zero attached hydrogens (tertiary/aromatic N) is 6. The van der Waals surface area contributed by atoms with E-state index in [1.54, 1.807) is 25.4 Å². The number of carbonyl (C=O) groups is 1. The maximum atomic E-state index is 11.0. The third kappa shape index (κ3) is 3.37. The predicted octanol–water partition coefficient (Wildman–Crippen LogP) is 3.62. The summed E-state index contributed by atoms with van der Waals surface area (Å²) in [6.45, 7) is 2.43. The van der Waals surface area contributed by atoms with Crippen LogP contribution in [0.2, 0.25) is 0 Å². The van der Waals surface area contributed by atoms with E-state index in [0.29, 0.717) is 23.8 Å². The third-order valence-corrected chi connectivity index (χ3v) is 5.21. The van der Waals surface area contributed by atoms with E-state index in [4.69, 9.17) is 9.84 Å². The minimum absolute atomic E-state index is 0.479. The summed E-state index contributed by atoms with van der Waals surface area (Å²) in [4.78, 5) is 28.6. The average molecular weight is 429 g/mol. The van der Waals surface area contributed by atoms with Gasteiger partial charge in [-0.3, -0.25) is 5.32 Å². The number of methoxy groups -OCH3 is 1. The molecule has 4 heterocycles. The van der Waals surface area contributed by atoms with Crippen LogP contribution in [0.4, 0.5) is 10.5 Å². The molecule has 10 nitrogen and oxygen atoms in total. The van der Waals surface area contributed by atoms with E-state index in [0.717, 1.165) is 33.6 Å². The third-order valence-electron chi connectivity index (χ3n) is 5.21. The van der Waals surface area contributed by atoms with Crippen molar-refractivity contribution < 1.29 is 14.6 Å². The highest BCUT2D eigenvalue weighted by Gasteiger charge is 2.15. The Bertz CT molecular complexity index is 1470. The molecule has 10 heteroatoms. The molecule has 32 heavy (non-hydrogen) atoms. The zero-order chi connectivity index (χ0) is 22.2. The molecule has 0 aliphatic carbocycles. The minimum Gasteiger partial charge on any atom is -0.479 e. The number of carboxylic acid groups (broad SMARTS) is 1. The highest BCUT2D eigenvalue weighted by atomic mass is 16.5. The largest absolute Gasteiger partial charge is 0.479 e. The van der Waals surface area contributed by atoms with Crippen LogP contribution in [0.25, 0.3) is 27.9 Å². The second kappa shape index (κ2) is 7.65. The lowest BCUT2D eigenvalue weighted by molar-refractivity contribution is 0.209. The Labute approximate surface area is 182 Å². The molecule has 0 atom stereocenters. The number of anilines is 1. The second-order valence-electron chi connectivity index (χ2n) is 7.21. The maximum Gasteiger partial charge on any atom is 0.409 e. The van der Waals surface area contributed by atoms with Gasteiger partial charge >= 0.3 is 6.09 Å². The van der Waals surface area contributed by atoms with Gasteiger partial charge in [0.1, 0.15) is 17.7 Å². The van der Waals surface area contributed by atoms with Gasteiger partial charge in [-0.05, 0) is 36.8 Å². The van der Waals surface area contributed by atoms with Crippen molar-refractivity contribution in [3.8, 4) is 11.6 Å². The first kappa shape index (κ1) is 19.5. The number of ether oxygens (including phenoxy) is 1. The molecular weight excluding hydrogens is 410 g/mol. The fourth-order valence-corrected chi connectivity index (χ4v) is 3.80. The van der Waals surface area contributed by atoms with E-state index in [2.05, 4.69) is 25.3 Å². The number of hydrogen-bond donors (Lipinski definition) is 2. The van der Waals surface area contributed by atoms with Crippen molar-refractivity contribution in [2.45, 2.75) is 13.5 Å². The van der Waals surface area contributed by atoms with Crippen molar-refractivity contribution in [1.82, 2.24) is 29.1 Å². The molecule has 2 N–H and O–H groups in total. The van der Waals surface area contributed by atoms with E-state index < -0.39 is 6.09 Å². The Kier molecular flexibility index (Phi) is 4.66. The molecule has 0 spiro atoms. The lowest BCUT2D eigenvalue weighted by atomic mass is 10.2. The van der Waals surface area contributed by atoms with Crippen molar-refractivity contribution in [2.24, 2.45) is 0 Å². The highest BCUT2D eigenvalue weighted by Crippen LogP contribution is 2.27. The van der Waals surface area contributed by atoms with Gasteiger partial charge in [0.05, 0.1) is 30.0 Å². The van der Waals surface area contributed by atoms with Gasteiger partial charge in [-0.25, -0.2) is 19.7 Å². The van der Waals surface area contributed by atoms with Crippen molar-refractivity contribution in [3.05, 3.63) is 66.5 Å². The molecule has 0 radical (unpaired) electrons. The van der Waals surface area contributed by atoms with Crippen LogP contribution in [0.1, 0.15) is 11.4 Å². The van der Waals surface area contributed by atoms with Gasteiger partial charge in [0.15, 0.2) is 5.65 Å². The summed E-state index contributed by atoms with van der Waals surface area (Å²) >= 11 is 0. The number of aromatic nitrogens is 6. The Hall–Kier alpha value is -4.47. The summed E-state index contributed by atoms with van der Waals surface area (Å²) in [6, 6.07) is 11.2. The molecule has 5 rings (SSSR count). The minimum atomic E-state index is -1.10. The van der Waals surface area contributed by atoms with Crippen LogP contribution in [0.3, 0.4) is 0 Å². The van der Waals surface area contributed by atoms with Gasteiger partial charge in [-0.15, -0.1) is 0 Å². The fraction of sp³-hybridized carbons (Fsp3) is 0.136. The van der Waals surface area contributed by atoms with Crippen LogP contribution in [-0.2, 0) is 6.54 Å². The Balaban J connectivity index is 1.59. The quantitative estimate of drug-likeness (QED) is 0.438. The lowest BCUT2D eigenvalue weighted by Crippen LogP contribution is -2.08. The Morgan fingerprint density at radius 3 is 2.88 bits per heavy atom.